The molecule has 5 heteroatoms. The lowest BCUT2D eigenvalue weighted by atomic mass is 9.73. The summed E-state index contributed by atoms with van der Waals surface area (Å²) in [5.74, 6) is 0.527. The SMILES string of the molecule is CCC1CCC2C1C(OC(=O)c1ccc3ccccc3c1)C1(P)CC(=O)[C@@]2(C)O1. The fourth-order valence-electron chi connectivity index (χ4n) is 6.04. The Morgan fingerprint density at radius 3 is 2.72 bits per heavy atom. The summed E-state index contributed by atoms with van der Waals surface area (Å²) in [7, 11) is 2.73. The van der Waals surface area contributed by atoms with Crippen molar-refractivity contribution in [3.63, 3.8) is 0 Å². The number of benzene rings is 2. The number of hydrogen-bond acceptors (Lipinski definition) is 4. The average molecular weight is 410 g/mol. The third-order valence-corrected chi connectivity index (χ3v) is 8.18. The van der Waals surface area contributed by atoms with Gasteiger partial charge in [0.05, 0.1) is 5.56 Å². The molecule has 5 rings (SSSR count). The molecule has 2 bridgehead atoms. The zero-order valence-corrected chi connectivity index (χ0v) is 18.0. The quantitative estimate of drug-likeness (QED) is 0.541. The number of carbonyl (C=O) groups excluding carboxylic acids is 2. The van der Waals surface area contributed by atoms with Crippen molar-refractivity contribution in [1.29, 1.82) is 0 Å². The van der Waals surface area contributed by atoms with Crippen molar-refractivity contribution in [1.82, 2.24) is 0 Å². The molecule has 29 heavy (non-hydrogen) atoms. The number of ketones is 1. The summed E-state index contributed by atoms with van der Waals surface area (Å²) in [6, 6.07) is 13.6. The van der Waals surface area contributed by atoms with Crippen LogP contribution >= 0.6 is 9.24 Å². The molecule has 1 aliphatic carbocycles. The summed E-state index contributed by atoms with van der Waals surface area (Å²) in [5, 5.41) is 1.28. The highest BCUT2D eigenvalue weighted by atomic mass is 31.0. The summed E-state index contributed by atoms with van der Waals surface area (Å²) in [6.07, 6.45) is 2.89. The number of Topliss-reactive ketones (excluding diaryl/α,β-unsaturated/α-hetero) is 1. The molecule has 3 fully saturated rings. The van der Waals surface area contributed by atoms with Gasteiger partial charge in [-0.2, -0.15) is 0 Å². The van der Waals surface area contributed by atoms with Crippen LogP contribution in [0.2, 0.25) is 0 Å². The van der Waals surface area contributed by atoms with E-state index in [1.165, 1.54) is 0 Å². The van der Waals surface area contributed by atoms with Crippen molar-refractivity contribution < 1.29 is 19.1 Å². The summed E-state index contributed by atoms with van der Waals surface area (Å²) < 4.78 is 12.5. The van der Waals surface area contributed by atoms with Crippen molar-refractivity contribution >= 4 is 31.8 Å². The Kier molecular flexibility index (Phi) is 4.38. The van der Waals surface area contributed by atoms with Crippen LogP contribution in [0.15, 0.2) is 42.5 Å². The maximum Gasteiger partial charge on any atom is 0.338 e. The van der Waals surface area contributed by atoms with Crippen LogP contribution in [0.25, 0.3) is 10.8 Å². The van der Waals surface area contributed by atoms with E-state index in [0.29, 0.717) is 11.5 Å². The molecule has 2 heterocycles. The maximum atomic E-state index is 13.1. The fourth-order valence-corrected chi connectivity index (χ4v) is 6.76. The highest BCUT2D eigenvalue weighted by Gasteiger charge is 2.69. The lowest BCUT2D eigenvalue weighted by Gasteiger charge is -2.49. The van der Waals surface area contributed by atoms with Gasteiger partial charge in [0.2, 0.25) is 0 Å². The summed E-state index contributed by atoms with van der Waals surface area (Å²) in [4.78, 5) is 26.0. The van der Waals surface area contributed by atoms with Crippen LogP contribution in [-0.4, -0.2) is 28.8 Å². The molecule has 0 aromatic heterocycles. The molecule has 4 nitrogen and oxygen atoms in total. The summed E-state index contributed by atoms with van der Waals surface area (Å²) in [6.45, 7) is 4.13. The summed E-state index contributed by atoms with van der Waals surface area (Å²) in [5.41, 5.74) is -0.208. The Bertz CT molecular complexity index is 1000. The minimum atomic E-state index is -0.822. The minimum Gasteiger partial charge on any atom is -0.455 e. The first-order valence-corrected chi connectivity index (χ1v) is 11.2. The van der Waals surface area contributed by atoms with Gasteiger partial charge in [-0.05, 0) is 48.6 Å². The molecule has 7 atom stereocenters. The Balaban J connectivity index is 1.49. The molecule has 1 saturated carbocycles. The van der Waals surface area contributed by atoms with Crippen molar-refractivity contribution in [3.8, 4) is 0 Å². The Hall–Kier alpha value is -1.77. The highest BCUT2D eigenvalue weighted by Crippen LogP contribution is 2.61. The number of rotatable bonds is 3. The third-order valence-electron chi connectivity index (χ3n) is 7.53. The number of hydrogen-bond donors (Lipinski definition) is 0. The lowest BCUT2D eigenvalue weighted by Crippen LogP contribution is -2.57. The first-order chi connectivity index (χ1) is 13.9. The van der Waals surface area contributed by atoms with E-state index in [0.717, 1.165) is 30.0 Å². The van der Waals surface area contributed by atoms with Crippen LogP contribution in [0.3, 0.4) is 0 Å². The Morgan fingerprint density at radius 2 is 1.97 bits per heavy atom. The van der Waals surface area contributed by atoms with E-state index in [1.807, 2.05) is 49.4 Å². The second kappa shape index (κ2) is 6.62. The van der Waals surface area contributed by atoms with Crippen LogP contribution in [-0.2, 0) is 14.3 Å². The molecular weight excluding hydrogens is 383 g/mol. The molecule has 0 spiro atoms. The molecule has 6 unspecified atom stereocenters. The van der Waals surface area contributed by atoms with Gasteiger partial charge in [-0.1, -0.05) is 52.9 Å². The molecule has 2 aromatic carbocycles. The Labute approximate surface area is 173 Å². The van der Waals surface area contributed by atoms with E-state index >= 15 is 0 Å². The smallest absolute Gasteiger partial charge is 0.338 e. The van der Waals surface area contributed by atoms with Gasteiger partial charge < -0.3 is 9.47 Å². The molecule has 2 aromatic rings. The Morgan fingerprint density at radius 1 is 1.21 bits per heavy atom. The summed E-state index contributed by atoms with van der Waals surface area (Å²) >= 11 is 0. The van der Waals surface area contributed by atoms with E-state index in [-0.39, 0.29) is 30.0 Å². The van der Waals surface area contributed by atoms with Crippen molar-refractivity contribution in [2.24, 2.45) is 17.8 Å². The lowest BCUT2D eigenvalue weighted by molar-refractivity contribution is -0.200. The predicted octanol–water partition coefficient (Wildman–Crippen LogP) is 4.75. The third kappa shape index (κ3) is 2.79. The fraction of sp³-hybridized carbons (Fsp3) is 0.500. The number of esters is 1. The molecular formula is C24H27O4P. The van der Waals surface area contributed by atoms with Crippen molar-refractivity contribution in [3.05, 3.63) is 48.0 Å². The van der Waals surface area contributed by atoms with Crippen LogP contribution in [0.5, 0.6) is 0 Å². The molecule has 0 amide bonds. The van der Waals surface area contributed by atoms with E-state index < -0.39 is 17.0 Å². The van der Waals surface area contributed by atoms with Crippen LogP contribution < -0.4 is 0 Å². The standard InChI is InChI=1S/C24H27O4P/c1-3-14-10-11-18-20(14)21(24(29)13-19(25)23(18,2)28-24)27-22(26)17-9-8-15-6-4-5-7-16(15)12-17/h4-9,12,14,18,20-21H,3,10-11,13,29H2,1-2H3/t14?,18?,20?,21?,23-,24?/m0/s1. The van der Waals surface area contributed by atoms with Gasteiger partial charge in [-0.15, -0.1) is 0 Å². The zero-order chi connectivity index (χ0) is 20.4. The normalized spacial score (nSPS) is 38.2. The average Bonchev–Trinajstić information content (AvgIpc) is 3.23. The van der Waals surface area contributed by atoms with E-state index in [2.05, 4.69) is 16.2 Å². The van der Waals surface area contributed by atoms with Gasteiger partial charge in [0.1, 0.15) is 17.0 Å². The minimum absolute atomic E-state index is 0.116. The zero-order valence-electron chi connectivity index (χ0n) is 16.9. The number of carbonyl (C=O) groups is 2. The predicted molar refractivity (Wildman–Crippen MR) is 115 cm³/mol. The molecule has 2 saturated heterocycles. The number of ether oxygens (including phenoxy) is 2. The van der Waals surface area contributed by atoms with Gasteiger partial charge in [0.25, 0.3) is 0 Å². The molecule has 0 N–H and O–H groups in total. The van der Waals surface area contributed by atoms with E-state index in [1.54, 1.807) is 0 Å². The first-order valence-electron chi connectivity index (χ1n) is 10.6. The van der Waals surface area contributed by atoms with E-state index in [4.69, 9.17) is 9.47 Å². The van der Waals surface area contributed by atoms with Gasteiger partial charge in [0.15, 0.2) is 5.78 Å². The van der Waals surface area contributed by atoms with Crippen molar-refractivity contribution in [2.75, 3.05) is 0 Å². The highest BCUT2D eigenvalue weighted by molar-refractivity contribution is 7.19. The molecule has 3 aliphatic rings. The van der Waals surface area contributed by atoms with Crippen LogP contribution in [0.4, 0.5) is 0 Å². The van der Waals surface area contributed by atoms with Crippen LogP contribution in [0, 0.1) is 17.8 Å². The topological polar surface area (TPSA) is 52.6 Å². The second-order valence-electron chi connectivity index (χ2n) is 9.08. The van der Waals surface area contributed by atoms with Gasteiger partial charge >= 0.3 is 5.97 Å². The molecule has 152 valence electrons. The monoisotopic (exact) mass is 410 g/mol. The van der Waals surface area contributed by atoms with Gasteiger partial charge in [-0.25, -0.2) is 4.79 Å². The van der Waals surface area contributed by atoms with Crippen LogP contribution in [0.1, 0.15) is 49.9 Å². The molecule has 2 aliphatic heterocycles. The number of fused-ring (bicyclic) bond motifs is 5. The second-order valence-corrected chi connectivity index (χ2v) is 10.1. The van der Waals surface area contributed by atoms with E-state index in [9.17, 15) is 9.59 Å². The van der Waals surface area contributed by atoms with Gasteiger partial charge in [0, 0.05) is 18.3 Å². The largest absolute Gasteiger partial charge is 0.455 e. The first kappa shape index (κ1) is 19.2. The van der Waals surface area contributed by atoms with Crippen molar-refractivity contribution in [2.45, 2.75) is 56.6 Å². The molecule has 0 radical (unpaired) electrons. The maximum absolute atomic E-state index is 13.1. The van der Waals surface area contributed by atoms with Gasteiger partial charge in [-0.3, -0.25) is 4.79 Å².